The van der Waals surface area contributed by atoms with Crippen LogP contribution in [0.5, 0.6) is 5.75 Å². The summed E-state index contributed by atoms with van der Waals surface area (Å²) >= 11 is 0. The number of H-pyrrole nitrogens is 1. The van der Waals surface area contributed by atoms with Crippen molar-refractivity contribution in [3.05, 3.63) is 95.8 Å². The van der Waals surface area contributed by atoms with Gasteiger partial charge in [0.25, 0.3) is 5.91 Å². The van der Waals surface area contributed by atoms with Gasteiger partial charge < -0.3 is 15.0 Å². The number of amides is 1. The number of nitrogens with zero attached hydrogens (tertiary/aromatic N) is 1. The Morgan fingerprint density at radius 3 is 2.53 bits per heavy atom. The summed E-state index contributed by atoms with van der Waals surface area (Å²) in [5, 5.41) is 2.96. The van der Waals surface area contributed by atoms with Gasteiger partial charge in [-0.25, -0.2) is 4.98 Å². The fourth-order valence-corrected chi connectivity index (χ4v) is 3.26. The number of para-hydroxylation sites is 2. The Kier molecular flexibility index (Phi) is 5.70. The molecule has 0 saturated heterocycles. The van der Waals surface area contributed by atoms with Gasteiger partial charge in [0.15, 0.2) is 0 Å². The van der Waals surface area contributed by atoms with Crippen molar-refractivity contribution in [2.75, 3.05) is 0 Å². The smallest absolute Gasteiger partial charge is 0.387 e. The van der Waals surface area contributed by atoms with E-state index in [0.717, 1.165) is 16.6 Å². The molecule has 0 radical (unpaired) electrons. The number of imidazole rings is 1. The van der Waals surface area contributed by atoms with Crippen molar-refractivity contribution in [3.63, 3.8) is 0 Å². The number of alkyl halides is 2. The number of benzene rings is 3. The lowest BCUT2D eigenvalue weighted by Gasteiger charge is -2.17. The van der Waals surface area contributed by atoms with Gasteiger partial charge in [0.1, 0.15) is 11.6 Å². The summed E-state index contributed by atoms with van der Waals surface area (Å²) in [6.45, 7) is -2.95. The third-order valence-electron chi connectivity index (χ3n) is 4.65. The normalized spacial score (nSPS) is 12.1. The quantitative estimate of drug-likeness (QED) is 0.459. The number of carbonyl (C=O) groups is 1. The zero-order valence-corrected chi connectivity index (χ0v) is 15.9. The number of nitrogens with one attached hydrogen (secondary N) is 2. The van der Waals surface area contributed by atoms with Crippen molar-refractivity contribution in [3.8, 4) is 5.75 Å². The number of aromatic nitrogens is 2. The van der Waals surface area contributed by atoms with Gasteiger partial charge in [0.2, 0.25) is 0 Å². The van der Waals surface area contributed by atoms with E-state index in [2.05, 4.69) is 20.0 Å². The lowest BCUT2D eigenvalue weighted by atomic mass is 10.0. The lowest BCUT2D eigenvalue weighted by molar-refractivity contribution is -0.0498. The molecule has 3 aromatic carbocycles. The minimum atomic E-state index is -2.95. The molecule has 0 fully saturated rings. The zero-order valence-electron chi connectivity index (χ0n) is 15.9. The molecule has 1 heterocycles. The van der Waals surface area contributed by atoms with Crippen LogP contribution in [0, 0.1) is 0 Å². The average Bonchev–Trinajstić information content (AvgIpc) is 3.18. The Morgan fingerprint density at radius 1 is 1.00 bits per heavy atom. The number of rotatable bonds is 7. The standard InChI is InChI=1S/C23H19F2N3O2/c24-23(25)30-17-10-6-9-16(14-17)22(29)28-20(13-15-7-2-1-3-8-15)21-26-18-11-4-5-12-19(18)27-21/h1-12,14,20,23H,13H2,(H,26,27)(H,28,29)/t20-/m0/s1. The Labute approximate surface area is 171 Å². The van der Waals surface area contributed by atoms with Crippen LogP contribution in [-0.4, -0.2) is 22.5 Å². The van der Waals surface area contributed by atoms with Gasteiger partial charge >= 0.3 is 6.61 Å². The van der Waals surface area contributed by atoms with E-state index in [-0.39, 0.29) is 11.3 Å². The molecular weight excluding hydrogens is 388 g/mol. The van der Waals surface area contributed by atoms with Crippen LogP contribution in [0.2, 0.25) is 0 Å². The lowest BCUT2D eigenvalue weighted by Crippen LogP contribution is -2.30. The molecule has 152 valence electrons. The van der Waals surface area contributed by atoms with Crippen LogP contribution in [0.1, 0.15) is 27.8 Å². The van der Waals surface area contributed by atoms with Crippen LogP contribution < -0.4 is 10.1 Å². The molecule has 7 heteroatoms. The van der Waals surface area contributed by atoms with Crippen LogP contribution in [0.15, 0.2) is 78.9 Å². The number of hydrogen-bond donors (Lipinski definition) is 2. The summed E-state index contributed by atoms with van der Waals surface area (Å²) in [6, 6.07) is 22.6. The highest BCUT2D eigenvalue weighted by molar-refractivity contribution is 5.94. The van der Waals surface area contributed by atoms with E-state index in [0.29, 0.717) is 12.2 Å². The van der Waals surface area contributed by atoms with Crippen molar-refractivity contribution in [2.24, 2.45) is 0 Å². The predicted octanol–water partition coefficient (Wildman–Crippen LogP) is 4.88. The largest absolute Gasteiger partial charge is 0.435 e. The van der Waals surface area contributed by atoms with Crippen molar-refractivity contribution in [2.45, 2.75) is 19.1 Å². The maximum atomic E-state index is 12.9. The van der Waals surface area contributed by atoms with Crippen molar-refractivity contribution < 1.29 is 18.3 Å². The van der Waals surface area contributed by atoms with Crippen molar-refractivity contribution in [1.29, 1.82) is 0 Å². The SMILES string of the molecule is O=C(N[C@@H](Cc1ccccc1)c1nc2ccccc2[nH]1)c1cccc(OC(F)F)c1. The van der Waals surface area contributed by atoms with E-state index in [9.17, 15) is 13.6 Å². The van der Waals surface area contributed by atoms with Crippen molar-refractivity contribution in [1.82, 2.24) is 15.3 Å². The molecule has 0 bridgehead atoms. The summed E-state index contributed by atoms with van der Waals surface area (Å²) in [5.74, 6) is 0.144. The molecule has 5 nitrogen and oxygen atoms in total. The van der Waals surface area contributed by atoms with E-state index in [1.54, 1.807) is 6.07 Å². The zero-order chi connectivity index (χ0) is 20.9. The fourth-order valence-electron chi connectivity index (χ4n) is 3.26. The van der Waals surface area contributed by atoms with Gasteiger partial charge in [-0.3, -0.25) is 4.79 Å². The second-order valence-electron chi connectivity index (χ2n) is 6.76. The number of fused-ring (bicyclic) bond motifs is 1. The highest BCUT2D eigenvalue weighted by Gasteiger charge is 2.20. The molecule has 1 aromatic heterocycles. The molecule has 0 saturated carbocycles. The minimum absolute atomic E-state index is 0.0685. The topological polar surface area (TPSA) is 67.0 Å². The molecule has 0 aliphatic carbocycles. The molecule has 1 atom stereocenters. The predicted molar refractivity (Wildman–Crippen MR) is 110 cm³/mol. The molecule has 0 spiro atoms. The van der Waals surface area contributed by atoms with E-state index in [4.69, 9.17) is 0 Å². The first-order chi connectivity index (χ1) is 14.6. The number of halogens is 2. The van der Waals surface area contributed by atoms with Crippen LogP contribution in [0.25, 0.3) is 11.0 Å². The Morgan fingerprint density at radius 2 is 1.77 bits per heavy atom. The Bertz CT molecular complexity index is 1110. The Hall–Kier alpha value is -3.74. The van der Waals surface area contributed by atoms with E-state index in [1.807, 2.05) is 54.6 Å². The summed E-state index contributed by atoms with van der Waals surface area (Å²) in [7, 11) is 0. The molecule has 0 aliphatic heterocycles. The second kappa shape index (κ2) is 8.73. The van der Waals surface area contributed by atoms with Crippen LogP contribution >= 0.6 is 0 Å². The van der Waals surface area contributed by atoms with E-state index in [1.165, 1.54) is 18.2 Å². The Balaban J connectivity index is 1.61. The first-order valence-corrected chi connectivity index (χ1v) is 9.43. The molecule has 30 heavy (non-hydrogen) atoms. The molecule has 0 unspecified atom stereocenters. The highest BCUT2D eigenvalue weighted by atomic mass is 19.3. The fraction of sp³-hybridized carbons (Fsp3) is 0.130. The first-order valence-electron chi connectivity index (χ1n) is 9.43. The average molecular weight is 407 g/mol. The van der Waals surface area contributed by atoms with E-state index < -0.39 is 18.6 Å². The number of ether oxygens (including phenoxy) is 1. The maximum Gasteiger partial charge on any atom is 0.387 e. The third kappa shape index (κ3) is 4.63. The second-order valence-corrected chi connectivity index (χ2v) is 6.76. The minimum Gasteiger partial charge on any atom is -0.435 e. The monoisotopic (exact) mass is 407 g/mol. The first kappa shape index (κ1) is 19.6. The highest BCUT2D eigenvalue weighted by Crippen LogP contribution is 2.22. The van der Waals surface area contributed by atoms with Gasteiger partial charge in [-0.15, -0.1) is 0 Å². The molecule has 1 amide bonds. The number of hydrogen-bond acceptors (Lipinski definition) is 3. The van der Waals surface area contributed by atoms with Gasteiger partial charge in [-0.05, 0) is 42.3 Å². The number of carbonyl (C=O) groups excluding carboxylic acids is 1. The van der Waals surface area contributed by atoms with Crippen LogP contribution in [-0.2, 0) is 6.42 Å². The summed E-state index contributed by atoms with van der Waals surface area (Å²) in [4.78, 5) is 20.8. The van der Waals surface area contributed by atoms with Gasteiger partial charge in [0.05, 0.1) is 17.1 Å². The van der Waals surface area contributed by atoms with Gasteiger partial charge in [-0.2, -0.15) is 8.78 Å². The van der Waals surface area contributed by atoms with Crippen LogP contribution in [0.3, 0.4) is 0 Å². The van der Waals surface area contributed by atoms with Gasteiger partial charge in [-0.1, -0.05) is 48.5 Å². The van der Waals surface area contributed by atoms with Crippen molar-refractivity contribution >= 4 is 16.9 Å². The van der Waals surface area contributed by atoms with Crippen LogP contribution in [0.4, 0.5) is 8.78 Å². The summed E-state index contributed by atoms with van der Waals surface area (Å²) in [6.07, 6.45) is 0.514. The maximum absolute atomic E-state index is 12.9. The summed E-state index contributed by atoms with van der Waals surface area (Å²) < 4.78 is 29.4. The molecule has 4 rings (SSSR count). The van der Waals surface area contributed by atoms with E-state index >= 15 is 0 Å². The molecule has 0 aliphatic rings. The molecule has 2 N–H and O–H groups in total. The number of aromatic amines is 1. The van der Waals surface area contributed by atoms with Gasteiger partial charge in [0, 0.05) is 5.56 Å². The summed E-state index contributed by atoms with van der Waals surface area (Å²) in [5.41, 5.74) is 2.92. The third-order valence-corrected chi connectivity index (χ3v) is 4.65. The molecule has 4 aromatic rings. The molecular formula is C23H19F2N3O2.